The summed E-state index contributed by atoms with van der Waals surface area (Å²) in [6.45, 7) is 3.96. The minimum Gasteiger partial charge on any atom is -0.396 e. The Morgan fingerprint density at radius 3 is 2.86 bits per heavy atom. The third-order valence-electron chi connectivity index (χ3n) is 5.78. The predicted octanol–water partition coefficient (Wildman–Crippen LogP) is 3.74. The van der Waals surface area contributed by atoms with E-state index in [0.717, 1.165) is 32.6 Å². The number of carbonyl (C=O) groups excluding carboxylic acids is 1. The lowest BCUT2D eigenvalue weighted by molar-refractivity contribution is -0.117. The molecule has 0 saturated carbocycles. The van der Waals surface area contributed by atoms with Crippen LogP contribution in [-0.4, -0.2) is 88.1 Å². The zero-order valence-corrected chi connectivity index (χ0v) is 22.0. The van der Waals surface area contributed by atoms with Gasteiger partial charge in [0.15, 0.2) is 0 Å². The van der Waals surface area contributed by atoms with Crippen molar-refractivity contribution in [3.05, 3.63) is 53.4 Å². The molecular weight excluding hydrogens is 517 g/mol. The van der Waals surface area contributed by atoms with E-state index >= 15 is 0 Å². The molecule has 1 aromatic carbocycles. The molecule has 1 aliphatic heterocycles. The number of rotatable bonds is 9. The number of thioether (sulfide) groups is 1. The van der Waals surface area contributed by atoms with Gasteiger partial charge in [0.05, 0.1) is 24.5 Å². The number of aromatic nitrogens is 3. The average molecular weight is 546 g/mol. The Kier molecular flexibility index (Phi) is 9.64. The summed E-state index contributed by atoms with van der Waals surface area (Å²) in [5, 5.41) is 24.7. The van der Waals surface area contributed by atoms with Gasteiger partial charge < -0.3 is 20.6 Å². The van der Waals surface area contributed by atoms with Crippen LogP contribution in [0.25, 0.3) is 11.3 Å². The number of nitrogens with one attached hydrogen (secondary N) is 2. The molecule has 0 bridgehead atoms. The average Bonchev–Trinajstić information content (AvgIpc) is 3.08. The summed E-state index contributed by atoms with van der Waals surface area (Å²) in [6.07, 6.45) is 2.62. The summed E-state index contributed by atoms with van der Waals surface area (Å²) in [5.74, 6) is 0.232. The van der Waals surface area contributed by atoms with Gasteiger partial charge >= 0.3 is 0 Å². The quantitative estimate of drug-likeness (QED) is 0.347. The first kappa shape index (κ1) is 27.2. The Labute approximate surface area is 224 Å². The molecule has 1 fully saturated rings. The smallest absolute Gasteiger partial charge is 0.239 e. The molecule has 0 aliphatic carbocycles. The molecule has 3 aromatic rings. The van der Waals surface area contributed by atoms with Gasteiger partial charge in [0.2, 0.25) is 5.91 Å². The number of aliphatic hydroxyl groups is 1. The first-order chi connectivity index (χ1) is 17.9. The first-order valence-corrected chi connectivity index (χ1v) is 13.3. The van der Waals surface area contributed by atoms with E-state index in [1.807, 2.05) is 0 Å². The summed E-state index contributed by atoms with van der Waals surface area (Å²) in [5.41, 5.74) is 1.75. The fourth-order valence-corrected chi connectivity index (χ4v) is 4.74. The Hall–Kier alpha value is -2.83. The van der Waals surface area contributed by atoms with Crippen molar-refractivity contribution in [1.29, 1.82) is 0 Å². The van der Waals surface area contributed by atoms with Crippen LogP contribution in [0.3, 0.4) is 0 Å². The van der Waals surface area contributed by atoms with Crippen LogP contribution >= 0.6 is 23.4 Å². The van der Waals surface area contributed by atoms with Crippen LogP contribution in [0.1, 0.15) is 6.42 Å². The SMILES string of the molecule is CN1CCCN(CC(=O)Nc2cc(Nc3cc(-c4cc(Cl)ccc4F)nnc3SCCO)ccn2)CC1. The van der Waals surface area contributed by atoms with E-state index in [1.54, 1.807) is 24.4 Å². The van der Waals surface area contributed by atoms with Crippen LogP contribution in [0, 0.1) is 5.82 Å². The zero-order valence-electron chi connectivity index (χ0n) is 20.5. The van der Waals surface area contributed by atoms with Crippen molar-refractivity contribution >= 4 is 46.5 Å². The molecular formula is C25H29ClFN7O2S. The van der Waals surface area contributed by atoms with Gasteiger partial charge in [-0.25, -0.2) is 9.37 Å². The summed E-state index contributed by atoms with van der Waals surface area (Å²) < 4.78 is 14.5. The molecule has 0 unspecified atom stereocenters. The second-order valence-electron chi connectivity index (χ2n) is 8.68. The Bertz CT molecular complexity index is 1240. The molecule has 37 heavy (non-hydrogen) atoms. The molecule has 1 saturated heterocycles. The third-order valence-corrected chi connectivity index (χ3v) is 6.98. The molecule has 0 atom stereocenters. The summed E-state index contributed by atoms with van der Waals surface area (Å²) in [6, 6.07) is 9.39. The molecule has 9 nitrogen and oxygen atoms in total. The third kappa shape index (κ3) is 7.83. The van der Waals surface area contributed by atoms with E-state index in [-0.39, 0.29) is 18.1 Å². The highest BCUT2D eigenvalue weighted by atomic mass is 35.5. The Morgan fingerprint density at radius 2 is 2.03 bits per heavy atom. The highest BCUT2D eigenvalue weighted by Crippen LogP contribution is 2.32. The van der Waals surface area contributed by atoms with Crippen molar-refractivity contribution in [2.75, 3.05) is 62.8 Å². The highest BCUT2D eigenvalue weighted by molar-refractivity contribution is 7.99. The maximum absolute atomic E-state index is 14.5. The molecule has 2 aromatic heterocycles. The van der Waals surface area contributed by atoms with Crippen LogP contribution in [0.2, 0.25) is 5.02 Å². The number of hydrogen-bond donors (Lipinski definition) is 3. The van der Waals surface area contributed by atoms with E-state index in [1.165, 1.54) is 30.0 Å². The van der Waals surface area contributed by atoms with Gasteiger partial charge in [-0.2, -0.15) is 0 Å². The summed E-state index contributed by atoms with van der Waals surface area (Å²) in [7, 11) is 2.09. The summed E-state index contributed by atoms with van der Waals surface area (Å²) >= 11 is 7.38. The lowest BCUT2D eigenvalue weighted by Crippen LogP contribution is -2.36. The number of aliphatic hydroxyl groups excluding tert-OH is 1. The van der Waals surface area contributed by atoms with E-state index in [2.05, 4.69) is 42.7 Å². The minimum atomic E-state index is -0.467. The van der Waals surface area contributed by atoms with Gasteiger partial charge in [-0.3, -0.25) is 9.69 Å². The van der Waals surface area contributed by atoms with Crippen molar-refractivity contribution in [3.8, 4) is 11.3 Å². The van der Waals surface area contributed by atoms with Crippen molar-refractivity contribution in [2.24, 2.45) is 0 Å². The maximum atomic E-state index is 14.5. The lowest BCUT2D eigenvalue weighted by atomic mass is 10.1. The first-order valence-electron chi connectivity index (χ1n) is 11.9. The number of likely N-dealkylation sites (N-methyl/N-ethyl adjacent to an activating group) is 1. The minimum absolute atomic E-state index is 0.0325. The number of carbonyl (C=O) groups is 1. The van der Waals surface area contributed by atoms with Crippen molar-refractivity contribution in [2.45, 2.75) is 11.4 Å². The van der Waals surface area contributed by atoms with Crippen molar-refractivity contribution in [3.63, 3.8) is 0 Å². The largest absolute Gasteiger partial charge is 0.396 e. The number of amides is 1. The van der Waals surface area contributed by atoms with Gasteiger partial charge in [0.1, 0.15) is 16.7 Å². The van der Waals surface area contributed by atoms with Crippen LogP contribution in [0.5, 0.6) is 0 Å². The van der Waals surface area contributed by atoms with Gasteiger partial charge in [-0.15, -0.1) is 22.0 Å². The number of hydrogen-bond acceptors (Lipinski definition) is 9. The van der Waals surface area contributed by atoms with E-state index in [0.29, 0.717) is 45.2 Å². The molecule has 1 aliphatic rings. The monoisotopic (exact) mass is 545 g/mol. The fraction of sp³-hybridized carbons (Fsp3) is 0.360. The fourth-order valence-electron chi connectivity index (χ4n) is 3.92. The van der Waals surface area contributed by atoms with Crippen molar-refractivity contribution in [1.82, 2.24) is 25.0 Å². The van der Waals surface area contributed by atoms with Gasteiger partial charge in [-0.1, -0.05) is 11.6 Å². The van der Waals surface area contributed by atoms with Crippen LogP contribution < -0.4 is 10.6 Å². The highest BCUT2D eigenvalue weighted by Gasteiger charge is 2.16. The lowest BCUT2D eigenvalue weighted by Gasteiger charge is -2.19. The molecule has 0 spiro atoms. The standard InChI is InChI=1S/C25H29ClFN7O2S/c1-33-7-2-8-34(10-9-33)16-24(36)30-23-14-18(5-6-28-23)29-22-15-21(31-32-25(22)37-12-11-35)19-13-17(26)3-4-20(19)27/h3-6,13-15,35H,2,7-12,16H2,1H3,(H2,28,29,30,31,36). The molecule has 12 heteroatoms. The summed E-state index contributed by atoms with van der Waals surface area (Å²) in [4.78, 5) is 21.3. The van der Waals surface area contributed by atoms with E-state index in [4.69, 9.17) is 11.6 Å². The molecule has 196 valence electrons. The second-order valence-corrected chi connectivity index (χ2v) is 10.2. The van der Waals surface area contributed by atoms with Crippen molar-refractivity contribution < 1.29 is 14.3 Å². The number of anilines is 3. The Balaban J connectivity index is 1.50. The van der Waals surface area contributed by atoms with Gasteiger partial charge in [0.25, 0.3) is 0 Å². The van der Waals surface area contributed by atoms with Gasteiger partial charge in [0, 0.05) is 47.4 Å². The van der Waals surface area contributed by atoms with E-state index < -0.39 is 5.82 Å². The Morgan fingerprint density at radius 1 is 1.16 bits per heavy atom. The van der Waals surface area contributed by atoms with Crippen LogP contribution in [0.4, 0.5) is 21.6 Å². The molecule has 0 radical (unpaired) electrons. The number of halogens is 2. The number of benzene rings is 1. The molecule has 1 amide bonds. The van der Waals surface area contributed by atoms with Gasteiger partial charge in [-0.05, 0) is 56.9 Å². The predicted molar refractivity (Wildman–Crippen MR) is 145 cm³/mol. The van der Waals surface area contributed by atoms with Crippen LogP contribution in [0.15, 0.2) is 47.6 Å². The number of pyridine rings is 1. The number of nitrogens with zero attached hydrogens (tertiary/aromatic N) is 5. The normalized spacial score (nSPS) is 14.8. The topological polar surface area (TPSA) is 107 Å². The second kappa shape index (κ2) is 13.1. The molecule has 4 rings (SSSR count). The molecule has 3 heterocycles. The van der Waals surface area contributed by atoms with E-state index in [9.17, 15) is 14.3 Å². The molecule has 3 N–H and O–H groups in total. The maximum Gasteiger partial charge on any atom is 0.239 e. The zero-order chi connectivity index (χ0) is 26.2. The van der Waals surface area contributed by atoms with Crippen LogP contribution in [-0.2, 0) is 4.79 Å².